The van der Waals surface area contributed by atoms with E-state index in [2.05, 4.69) is 15.7 Å². The number of ether oxygens (including phenoxy) is 1. The van der Waals surface area contributed by atoms with Crippen LogP contribution in [0.25, 0.3) is 0 Å². The first-order valence-corrected chi connectivity index (χ1v) is 6.27. The number of nitrogens with one attached hydrogen (secondary N) is 1. The number of anilines is 1. The summed E-state index contributed by atoms with van der Waals surface area (Å²) in [7, 11) is 1.53. The maximum absolute atomic E-state index is 10.7. The van der Waals surface area contributed by atoms with Gasteiger partial charge >= 0.3 is 5.97 Å². The summed E-state index contributed by atoms with van der Waals surface area (Å²) in [4.78, 5) is 15.4. The maximum Gasteiger partial charge on any atom is 0.329 e. The minimum atomic E-state index is -0.429. The number of methoxy groups -OCH3 is 1. The zero-order valence-electron chi connectivity index (χ0n) is 11.7. The molecule has 0 heterocycles. The van der Waals surface area contributed by atoms with Crippen molar-refractivity contribution in [3.05, 3.63) is 48.5 Å². The predicted octanol–water partition coefficient (Wildman–Crippen LogP) is 4.00. The summed E-state index contributed by atoms with van der Waals surface area (Å²) in [6.45, 7) is 1.31. The molecule has 0 aliphatic carbocycles. The monoisotopic (exact) mass is 285 g/mol. The standard InChI is InChI=1S/C15H15N3O3/c1-11(19)21-18-13-8-9-14(15(10-13)20-2)17-16-12-6-4-3-5-7-12/h3-10,18H,1-2H3. The molecule has 2 aromatic rings. The van der Waals surface area contributed by atoms with Crippen LogP contribution < -0.4 is 10.2 Å². The van der Waals surface area contributed by atoms with Crippen molar-refractivity contribution < 1.29 is 14.4 Å². The van der Waals surface area contributed by atoms with Crippen LogP contribution in [0.1, 0.15) is 6.92 Å². The van der Waals surface area contributed by atoms with Crippen LogP contribution in [0.15, 0.2) is 58.8 Å². The summed E-state index contributed by atoms with van der Waals surface area (Å²) >= 11 is 0. The van der Waals surface area contributed by atoms with Crippen LogP contribution in [-0.2, 0) is 9.63 Å². The molecule has 0 aromatic heterocycles. The van der Waals surface area contributed by atoms with E-state index in [0.717, 1.165) is 5.69 Å². The van der Waals surface area contributed by atoms with Gasteiger partial charge in [0.25, 0.3) is 0 Å². The molecule has 21 heavy (non-hydrogen) atoms. The third-order valence-corrected chi connectivity index (χ3v) is 2.52. The van der Waals surface area contributed by atoms with Gasteiger partial charge in [-0.25, -0.2) is 5.48 Å². The van der Waals surface area contributed by atoms with E-state index in [-0.39, 0.29) is 0 Å². The Balaban J connectivity index is 2.16. The van der Waals surface area contributed by atoms with Gasteiger partial charge in [0, 0.05) is 13.0 Å². The van der Waals surface area contributed by atoms with Gasteiger partial charge in [0.05, 0.1) is 18.5 Å². The molecule has 6 nitrogen and oxygen atoms in total. The van der Waals surface area contributed by atoms with E-state index < -0.39 is 5.97 Å². The van der Waals surface area contributed by atoms with Crippen molar-refractivity contribution in [3.8, 4) is 5.75 Å². The van der Waals surface area contributed by atoms with Crippen molar-refractivity contribution in [2.45, 2.75) is 6.92 Å². The third-order valence-electron chi connectivity index (χ3n) is 2.52. The third kappa shape index (κ3) is 4.31. The number of azo groups is 1. The lowest BCUT2D eigenvalue weighted by Crippen LogP contribution is -2.06. The lowest BCUT2D eigenvalue weighted by Gasteiger charge is -2.08. The first-order valence-electron chi connectivity index (χ1n) is 6.27. The van der Waals surface area contributed by atoms with Crippen LogP contribution in [0.2, 0.25) is 0 Å². The Labute approximate surface area is 122 Å². The second kappa shape index (κ2) is 7.04. The van der Waals surface area contributed by atoms with Crippen molar-refractivity contribution >= 4 is 23.0 Å². The average Bonchev–Trinajstić information content (AvgIpc) is 2.52. The van der Waals surface area contributed by atoms with Gasteiger partial charge in [-0.05, 0) is 24.3 Å². The quantitative estimate of drug-likeness (QED) is 0.665. The lowest BCUT2D eigenvalue weighted by atomic mass is 10.2. The van der Waals surface area contributed by atoms with Gasteiger partial charge in [-0.2, -0.15) is 5.11 Å². The molecule has 108 valence electrons. The van der Waals surface area contributed by atoms with Gasteiger partial charge in [-0.1, -0.05) is 18.2 Å². The summed E-state index contributed by atoms with van der Waals surface area (Å²) < 4.78 is 5.25. The molecule has 0 spiro atoms. The van der Waals surface area contributed by atoms with Gasteiger partial charge < -0.3 is 9.57 Å². The molecular formula is C15H15N3O3. The fraction of sp³-hybridized carbons (Fsp3) is 0.133. The zero-order valence-corrected chi connectivity index (χ0v) is 11.7. The molecule has 0 aliphatic heterocycles. The molecule has 0 aliphatic rings. The van der Waals surface area contributed by atoms with Crippen molar-refractivity contribution in [1.29, 1.82) is 0 Å². The van der Waals surface area contributed by atoms with Gasteiger partial charge in [0.15, 0.2) is 0 Å². The smallest absolute Gasteiger partial charge is 0.329 e. The van der Waals surface area contributed by atoms with E-state index in [1.54, 1.807) is 18.2 Å². The second-order valence-corrected chi connectivity index (χ2v) is 4.12. The molecule has 0 atom stereocenters. The molecule has 2 rings (SSSR count). The summed E-state index contributed by atoms with van der Waals surface area (Å²) in [6.07, 6.45) is 0. The topological polar surface area (TPSA) is 72.3 Å². The van der Waals surface area contributed by atoms with Gasteiger partial charge in [0.1, 0.15) is 11.4 Å². The Morgan fingerprint density at radius 3 is 2.52 bits per heavy atom. The summed E-state index contributed by atoms with van der Waals surface area (Å²) in [6, 6.07) is 14.5. The Bertz CT molecular complexity index is 642. The highest BCUT2D eigenvalue weighted by atomic mass is 16.7. The first-order chi connectivity index (χ1) is 10.2. The molecule has 6 heteroatoms. The van der Waals surface area contributed by atoms with Crippen molar-refractivity contribution in [2.24, 2.45) is 10.2 Å². The van der Waals surface area contributed by atoms with Crippen LogP contribution in [-0.4, -0.2) is 13.1 Å². The molecule has 0 unspecified atom stereocenters. The number of benzene rings is 2. The van der Waals surface area contributed by atoms with E-state index in [1.807, 2.05) is 30.3 Å². The summed E-state index contributed by atoms with van der Waals surface area (Å²) in [5, 5.41) is 8.28. The van der Waals surface area contributed by atoms with Gasteiger partial charge in [-0.3, -0.25) is 4.79 Å². The first kappa shape index (κ1) is 14.5. The zero-order chi connectivity index (χ0) is 15.1. The molecule has 0 saturated heterocycles. The summed E-state index contributed by atoms with van der Waals surface area (Å²) in [5.41, 5.74) is 4.43. The van der Waals surface area contributed by atoms with Gasteiger partial charge in [0.2, 0.25) is 0 Å². The summed E-state index contributed by atoms with van der Waals surface area (Å²) in [5.74, 6) is 0.0913. The SMILES string of the molecule is COc1cc(NOC(C)=O)ccc1N=Nc1ccccc1. The number of rotatable bonds is 5. The molecule has 0 radical (unpaired) electrons. The molecule has 0 saturated carbocycles. The van der Waals surface area contributed by atoms with Crippen LogP contribution in [0.5, 0.6) is 5.75 Å². The average molecular weight is 285 g/mol. The van der Waals surface area contributed by atoms with Crippen molar-refractivity contribution in [1.82, 2.24) is 0 Å². The number of carbonyl (C=O) groups is 1. The minimum Gasteiger partial charge on any atom is -0.494 e. The number of hydrogen-bond acceptors (Lipinski definition) is 6. The minimum absolute atomic E-state index is 0.429. The second-order valence-electron chi connectivity index (χ2n) is 4.12. The molecule has 2 aromatic carbocycles. The fourth-order valence-corrected chi connectivity index (χ4v) is 1.56. The molecule has 1 N–H and O–H groups in total. The highest BCUT2D eigenvalue weighted by Crippen LogP contribution is 2.31. The van der Waals surface area contributed by atoms with Gasteiger partial charge in [-0.15, -0.1) is 5.11 Å². The number of nitrogens with zero attached hydrogens (tertiary/aromatic N) is 2. The van der Waals surface area contributed by atoms with E-state index in [4.69, 9.17) is 9.57 Å². The Morgan fingerprint density at radius 1 is 1.10 bits per heavy atom. The van der Waals surface area contributed by atoms with Crippen LogP contribution in [0, 0.1) is 0 Å². The largest absolute Gasteiger partial charge is 0.494 e. The van der Waals surface area contributed by atoms with Crippen LogP contribution >= 0.6 is 0 Å². The fourth-order valence-electron chi connectivity index (χ4n) is 1.56. The Morgan fingerprint density at radius 2 is 1.86 bits per heavy atom. The number of hydrogen-bond donors (Lipinski definition) is 1. The molecular weight excluding hydrogens is 270 g/mol. The molecule has 0 bridgehead atoms. The lowest BCUT2D eigenvalue weighted by molar-refractivity contribution is -0.138. The van der Waals surface area contributed by atoms with E-state index in [1.165, 1.54) is 14.0 Å². The highest BCUT2D eigenvalue weighted by Gasteiger charge is 2.04. The maximum atomic E-state index is 10.7. The normalized spacial score (nSPS) is 10.4. The van der Waals surface area contributed by atoms with E-state index in [0.29, 0.717) is 17.1 Å². The van der Waals surface area contributed by atoms with Crippen molar-refractivity contribution in [2.75, 3.05) is 12.6 Å². The number of carbonyl (C=O) groups excluding carboxylic acids is 1. The van der Waals surface area contributed by atoms with Crippen molar-refractivity contribution in [3.63, 3.8) is 0 Å². The highest BCUT2D eigenvalue weighted by molar-refractivity contribution is 5.68. The van der Waals surface area contributed by atoms with Crippen LogP contribution in [0.4, 0.5) is 17.1 Å². The van der Waals surface area contributed by atoms with E-state index in [9.17, 15) is 4.79 Å². The predicted molar refractivity (Wildman–Crippen MR) is 79.0 cm³/mol. The molecule has 0 amide bonds. The Kier molecular flexibility index (Phi) is 4.87. The van der Waals surface area contributed by atoms with Crippen LogP contribution in [0.3, 0.4) is 0 Å². The Hall–Kier alpha value is -2.89. The van der Waals surface area contributed by atoms with E-state index >= 15 is 0 Å². The molecule has 0 fully saturated rings.